The van der Waals surface area contributed by atoms with Crippen molar-refractivity contribution in [2.75, 3.05) is 0 Å². The highest BCUT2D eigenvalue weighted by atomic mass is 28.3. The van der Waals surface area contributed by atoms with Crippen LogP contribution in [0.15, 0.2) is 121 Å². The van der Waals surface area contributed by atoms with Crippen LogP contribution in [0.5, 0.6) is 0 Å². The van der Waals surface area contributed by atoms with Crippen molar-refractivity contribution >= 4 is 35.7 Å². The first-order valence-electron chi connectivity index (χ1n) is 16.6. The summed E-state index contributed by atoms with van der Waals surface area (Å²) in [6.45, 7) is 0. The van der Waals surface area contributed by atoms with Gasteiger partial charge in [0.1, 0.15) is 5.54 Å². The van der Waals surface area contributed by atoms with Gasteiger partial charge in [0.2, 0.25) is 0 Å². The molecule has 1 saturated heterocycles. The Morgan fingerprint density at radius 3 is 1.39 bits per heavy atom. The van der Waals surface area contributed by atoms with Crippen LogP contribution in [-0.2, 0) is 10.3 Å². The Hall–Kier alpha value is -3.96. The predicted molar refractivity (Wildman–Crippen MR) is 180 cm³/mol. The lowest BCUT2D eigenvalue weighted by atomic mass is 9.70. The zero-order valence-corrected chi connectivity index (χ0v) is 26.5. The molecule has 1 atom stereocenters. The SMILES string of the molecule is O=C1N(C2CCCCC2)C(=O)C(c2ccccc2)(C2CCCCC2)N1[Si](c1ccccc1)(c1ccccc1)c1ccccc1. The Morgan fingerprint density at radius 1 is 0.523 bits per heavy atom. The molecule has 44 heavy (non-hydrogen) atoms. The van der Waals surface area contributed by atoms with Crippen LogP contribution in [0.3, 0.4) is 0 Å². The summed E-state index contributed by atoms with van der Waals surface area (Å²) < 4.78 is 2.22. The van der Waals surface area contributed by atoms with Crippen LogP contribution < -0.4 is 15.6 Å². The Bertz CT molecular complexity index is 1470. The fraction of sp³-hybridized carbons (Fsp3) is 0.333. The summed E-state index contributed by atoms with van der Waals surface area (Å²) in [5.74, 6) is 0.0406. The summed E-state index contributed by atoms with van der Waals surface area (Å²) >= 11 is 0. The predicted octanol–water partition coefficient (Wildman–Crippen LogP) is 6.73. The van der Waals surface area contributed by atoms with E-state index in [0.29, 0.717) is 0 Å². The molecule has 0 bridgehead atoms. The minimum Gasteiger partial charge on any atom is -0.320 e. The summed E-state index contributed by atoms with van der Waals surface area (Å²) in [5, 5.41) is 3.38. The topological polar surface area (TPSA) is 40.6 Å². The maximum atomic E-state index is 15.7. The van der Waals surface area contributed by atoms with Gasteiger partial charge in [-0.1, -0.05) is 160 Å². The molecule has 1 aliphatic heterocycles. The molecule has 4 aromatic rings. The Morgan fingerprint density at radius 2 is 0.932 bits per heavy atom. The van der Waals surface area contributed by atoms with Crippen molar-refractivity contribution in [2.45, 2.75) is 75.8 Å². The van der Waals surface area contributed by atoms with E-state index in [-0.39, 0.29) is 23.9 Å². The Balaban J connectivity index is 1.62. The first-order valence-corrected chi connectivity index (χ1v) is 18.5. The van der Waals surface area contributed by atoms with E-state index in [9.17, 15) is 0 Å². The molecule has 4 aromatic carbocycles. The third-order valence-corrected chi connectivity index (χ3v) is 15.3. The van der Waals surface area contributed by atoms with Gasteiger partial charge in [0.15, 0.2) is 0 Å². The first kappa shape index (κ1) is 28.8. The van der Waals surface area contributed by atoms with Crippen LogP contribution >= 0.6 is 0 Å². The van der Waals surface area contributed by atoms with E-state index in [4.69, 9.17) is 0 Å². The highest BCUT2D eigenvalue weighted by Crippen LogP contribution is 2.51. The second-order valence-corrected chi connectivity index (χ2v) is 16.5. The lowest BCUT2D eigenvalue weighted by Gasteiger charge is -2.52. The minimum absolute atomic E-state index is 0.00664. The van der Waals surface area contributed by atoms with Crippen molar-refractivity contribution in [3.8, 4) is 0 Å². The van der Waals surface area contributed by atoms with Crippen LogP contribution in [0.2, 0.25) is 0 Å². The van der Waals surface area contributed by atoms with E-state index in [2.05, 4.69) is 120 Å². The largest absolute Gasteiger partial charge is 0.320 e. The summed E-state index contributed by atoms with van der Waals surface area (Å²) in [5.41, 5.74) is -0.132. The molecule has 224 valence electrons. The molecule has 2 saturated carbocycles. The molecule has 5 heteroatoms. The van der Waals surface area contributed by atoms with Gasteiger partial charge in [-0.15, -0.1) is 0 Å². The molecule has 7 rings (SSSR count). The molecule has 0 aromatic heterocycles. The summed E-state index contributed by atoms with van der Waals surface area (Å²) in [4.78, 5) is 33.1. The fourth-order valence-electron chi connectivity index (χ4n) is 8.68. The van der Waals surface area contributed by atoms with Gasteiger partial charge in [0, 0.05) is 6.04 Å². The van der Waals surface area contributed by atoms with Crippen LogP contribution in [-0.4, -0.2) is 35.7 Å². The average molecular weight is 599 g/mol. The smallest absolute Gasteiger partial charge is 0.320 e. The summed E-state index contributed by atoms with van der Waals surface area (Å²) in [6.07, 6.45) is 10.3. The second-order valence-electron chi connectivity index (χ2n) is 12.9. The highest BCUT2D eigenvalue weighted by Gasteiger charge is 2.69. The van der Waals surface area contributed by atoms with Crippen molar-refractivity contribution < 1.29 is 9.59 Å². The zero-order valence-electron chi connectivity index (χ0n) is 25.5. The van der Waals surface area contributed by atoms with Crippen LogP contribution in [0, 0.1) is 5.92 Å². The fourth-order valence-corrected chi connectivity index (χ4v) is 13.8. The molecule has 2 aliphatic carbocycles. The third kappa shape index (κ3) is 4.47. The number of carbonyl (C=O) groups excluding carboxylic acids is 2. The number of hydrogen-bond acceptors (Lipinski definition) is 2. The maximum absolute atomic E-state index is 15.7. The number of rotatable bonds is 7. The number of hydrogen-bond donors (Lipinski definition) is 0. The molecule has 3 fully saturated rings. The lowest BCUT2D eigenvalue weighted by molar-refractivity contribution is -0.138. The molecule has 0 radical (unpaired) electrons. The van der Waals surface area contributed by atoms with Gasteiger partial charge in [-0.05, 0) is 52.7 Å². The van der Waals surface area contributed by atoms with E-state index in [1.165, 1.54) is 12.8 Å². The molecule has 1 heterocycles. The minimum atomic E-state index is -3.38. The second kappa shape index (κ2) is 12.2. The molecular weight excluding hydrogens is 557 g/mol. The normalized spacial score (nSPS) is 22.0. The number of amides is 3. The van der Waals surface area contributed by atoms with Gasteiger partial charge >= 0.3 is 6.03 Å². The molecule has 0 N–H and O–H groups in total. The van der Waals surface area contributed by atoms with Crippen molar-refractivity contribution in [3.63, 3.8) is 0 Å². The van der Waals surface area contributed by atoms with Crippen LogP contribution in [0.1, 0.15) is 69.8 Å². The quantitative estimate of drug-likeness (QED) is 0.135. The van der Waals surface area contributed by atoms with Gasteiger partial charge < -0.3 is 4.57 Å². The van der Waals surface area contributed by atoms with E-state index < -0.39 is 13.8 Å². The number of urea groups is 1. The molecule has 1 unspecified atom stereocenters. The van der Waals surface area contributed by atoms with Crippen molar-refractivity contribution in [3.05, 3.63) is 127 Å². The van der Waals surface area contributed by atoms with Crippen LogP contribution in [0.4, 0.5) is 4.79 Å². The molecule has 0 spiro atoms. The molecule has 4 nitrogen and oxygen atoms in total. The van der Waals surface area contributed by atoms with E-state index >= 15 is 9.59 Å². The number of carbonyl (C=O) groups is 2. The summed E-state index contributed by atoms with van der Waals surface area (Å²) in [7, 11) is -3.38. The molecule has 3 amide bonds. The van der Waals surface area contributed by atoms with Gasteiger partial charge in [0.25, 0.3) is 14.1 Å². The van der Waals surface area contributed by atoms with Gasteiger partial charge in [0.05, 0.1) is 0 Å². The Labute approximate surface area is 262 Å². The van der Waals surface area contributed by atoms with E-state index in [0.717, 1.165) is 72.5 Å². The maximum Gasteiger partial charge on any atom is 0.320 e. The van der Waals surface area contributed by atoms with Crippen molar-refractivity contribution in [1.82, 2.24) is 9.47 Å². The number of nitrogens with zero attached hydrogens (tertiary/aromatic N) is 2. The first-order chi connectivity index (χ1) is 21.7. The van der Waals surface area contributed by atoms with Crippen molar-refractivity contribution in [1.29, 1.82) is 0 Å². The Kier molecular flexibility index (Phi) is 7.98. The standard InChI is InChI=1S/C39H42N2O2Si/c42-37-39(31-19-7-1-8-20-31,32-21-9-2-10-22-32)41(38(43)40(37)33-23-11-3-12-24-33)44(34-25-13-4-14-26-34,35-27-15-5-16-28-35)36-29-17-6-18-30-36/h1,4-8,13-20,25-30,32-33H,2-3,9-12,21-24H2. The van der Waals surface area contributed by atoms with Crippen LogP contribution in [0.25, 0.3) is 0 Å². The lowest BCUT2D eigenvalue weighted by Crippen LogP contribution is -2.81. The van der Waals surface area contributed by atoms with Gasteiger partial charge in [-0.25, -0.2) is 4.79 Å². The molecule has 3 aliphatic rings. The summed E-state index contributed by atoms with van der Waals surface area (Å²) in [6, 6.07) is 42.1. The highest BCUT2D eigenvalue weighted by molar-refractivity contribution is 7.10. The van der Waals surface area contributed by atoms with E-state index in [1.807, 2.05) is 6.07 Å². The third-order valence-electron chi connectivity index (χ3n) is 10.6. The zero-order chi connectivity index (χ0) is 30.0. The average Bonchev–Trinajstić information content (AvgIpc) is 3.34. The number of benzene rings is 4. The monoisotopic (exact) mass is 598 g/mol. The number of imide groups is 1. The van der Waals surface area contributed by atoms with Gasteiger partial charge in [-0.3, -0.25) is 9.69 Å². The molecular formula is C39H42N2O2Si. The van der Waals surface area contributed by atoms with Crippen molar-refractivity contribution in [2.24, 2.45) is 5.92 Å². The van der Waals surface area contributed by atoms with E-state index in [1.54, 1.807) is 4.90 Å². The van der Waals surface area contributed by atoms with Gasteiger partial charge in [-0.2, -0.15) is 0 Å².